The van der Waals surface area contributed by atoms with Gasteiger partial charge in [0.2, 0.25) is 0 Å². The average molecular weight is 243 g/mol. The van der Waals surface area contributed by atoms with Crippen molar-refractivity contribution in [1.82, 2.24) is 9.76 Å². The molecule has 7 heteroatoms. The number of hydrogen-bond acceptors (Lipinski definition) is 3. The second-order valence-corrected chi connectivity index (χ2v) is 5.54. The topological polar surface area (TPSA) is 61.8 Å². The van der Waals surface area contributed by atoms with Crippen molar-refractivity contribution in [1.29, 1.82) is 0 Å². The number of rotatable bonds is 5. The van der Waals surface area contributed by atoms with Gasteiger partial charge in [0.25, 0.3) is 0 Å². The standard InChI is InChI=1S/C7H16ClN2O3P/c8-2-5-10-4-1-7-13-14(10,12)9-3-6-11/h11H,1-7H2,(H,9,12). The first-order valence-electron chi connectivity index (χ1n) is 4.65. The lowest BCUT2D eigenvalue weighted by Gasteiger charge is -2.34. The van der Waals surface area contributed by atoms with Crippen molar-refractivity contribution in [3.63, 3.8) is 0 Å². The zero-order chi connectivity index (χ0) is 10.4. The van der Waals surface area contributed by atoms with Crippen LogP contribution >= 0.6 is 19.3 Å². The summed E-state index contributed by atoms with van der Waals surface area (Å²) >= 11 is 5.60. The van der Waals surface area contributed by atoms with E-state index in [-0.39, 0.29) is 13.2 Å². The number of nitrogens with zero attached hydrogens (tertiary/aromatic N) is 1. The summed E-state index contributed by atoms with van der Waals surface area (Å²) in [6, 6.07) is 0. The van der Waals surface area contributed by atoms with Gasteiger partial charge >= 0.3 is 7.67 Å². The summed E-state index contributed by atoms with van der Waals surface area (Å²) in [4.78, 5) is 0. The number of hydrogen-bond donors (Lipinski definition) is 2. The van der Waals surface area contributed by atoms with Crippen LogP contribution in [0.25, 0.3) is 0 Å². The van der Waals surface area contributed by atoms with Crippen molar-refractivity contribution in [2.24, 2.45) is 0 Å². The van der Waals surface area contributed by atoms with Gasteiger partial charge in [0.15, 0.2) is 0 Å². The van der Waals surface area contributed by atoms with Crippen LogP contribution in [0.15, 0.2) is 0 Å². The fourth-order valence-electron chi connectivity index (χ4n) is 1.33. The molecule has 0 saturated carbocycles. The maximum atomic E-state index is 12.1. The highest BCUT2D eigenvalue weighted by Gasteiger charge is 2.33. The summed E-state index contributed by atoms with van der Waals surface area (Å²) in [6.07, 6.45) is 0.863. The van der Waals surface area contributed by atoms with Gasteiger partial charge in [-0.1, -0.05) is 0 Å². The number of nitrogens with one attached hydrogen (secondary N) is 1. The number of halogens is 1. The van der Waals surface area contributed by atoms with E-state index >= 15 is 0 Å². The van der Waals surface area contributed by atoms with E-state index in [4.69, 9.17) is 21.2 Å². The molecule has 1 aliphatic heterocycles. The van der Waals surface area contributed by atoms with Gasteiger partial charge in [0.1, 0.15) is 0 Å². The smallest absolute Gasteiger partial charge is 0.343 e. The molecule has 1 rings (SSSR count). The van der Waals surface area contributed by atoms with Gasteiger partial charge in [-0.05, 0) is 6.42 Å². The van der Waals surface area contributed by atoms with Crippen LogP contribution in [0.2, 0.25) is 0 Å². The lowest BCUT2D eigenvalue weighted by Crippen LogP contribution is -2.36. The van der Waals surface area contributed by atoms with Crippen molar-refractivity contribution in [2.75, 3.05) is 38.7 Å². The first-order valence-corrected chi connectivity index (χ1v) is 6.76. The predicted octanol–water partition coefficient (Wildman–Crippen LogP) is 0.637. The van der Waals surface area contributed by atoms with E-state index in [1.54, 1.807) is 4.67 Å². The Labute approximate surface area is 88.9 Å². The first-order chi connectivity index (χ1) is 6.73. The summed E-state index contributed by atoms with van der Waals surface area (Å²) in [7, 11) is -2.92. The van der Waals surface area contributed by atoms with Gasteiger partial charge in [-0.3, -0.25) is 4.57 Å². The highest BCUT2D eigenvalue weighted by Crippen LogP contribution is 2.48. The van der Waals surface area contributed by atoms with Crippen LogP contribution in [0.1, 0.15) is 6.42 Å². The van der Waals surface area contributed by atoms with E-state index in [1.807, 2.05) is 0 Å². The number of alkyl halides is 1. The minimum atomic E-state index is -2.92. The van der Waals surface area contributed by atoms with Crippen molar-refractivity contribution in [3.05, 3.63) is 0 Å². The third-order valence-electron chi connectivity index (χ3n) is 1.97. The maximum absolute atomic E-state index is 12.1. The molecule has 1 unspecified atom stereocenters. The molecule has 0 bridgehead atoms. The summed E-state index contributed by atoms with van der Waals surface area (Å²) in [5, 5.41) is 11.4. The van der Waals surface area contributed by atoms with Crippen LogP contribution in [-0.2, 0) is 9.09 Å². The molecule has 1 fully saturated rings. The van der Waals surface area contributed by atoms with Gasteiger partial charge in [0, 0.05) is 25.5 Å². The summed E-state index contributed by atoms with van der Waals surface area (Å²) in [5.41, 5.74) is 0. The molecule has 1 aliphatic rings. The molecule has 0 amide bonds. The Kier molecular flexibility index (Phi) is 5.38. The van der Waals surface area contributed by atoms with Gasteiger partial charge in [0.05, 0.1) is 13.2 Å². The van der Waals surface area contributed by atoms with Crippen molar-refractivity contribution >= 4 is 19.3 Å². The Bertz CT molecular complexity index is 215. The summed E-state index contributed by atoms with van der Waals surface area (Å²) in [6.45, 7) is 1.98. The van der Waals surface area contributed by atoms with Gasteiger partial charge in [-0.25, -0.2) is 9.76 Å². The molecule has 0 aromatic carbocycles. The van der Waals surface area contributed by atoms with Gasteiger partial charge in [-0.2, -0.15) is 0 Å². The molecular weight excluding hydrogens is 227 g/mol. The van der Waals surface area contributed by atoms with E-state index in [0.717, 1.165) is 13.0 Å². The molecule has 0 aliphatic carbocycles. The second-order valence-electron chi connectivity index (χ2n) is 2.98. The minimum absolute atomic E-state index is 0.0535. The monoisotopic (exact) mass is 242 g/mol. The van der Waals surface area contributed by atoms with Gasteiger partial charge < -0.3 is 9.63 Å². The Balaban J connectivity index is 2.55. The quantitative estimate of drug-likeness (QED) is 0.547. The number of aliphatic hydroxyl groups excluding tert-OH is 1. The van der Waals surface area contributed by atoms with Crippen molar-refractivity contribution < 1.29 is 14.2 Å². The largest absolute Gasteiger partial charge is 0.395 e. The van der Waals surface area contributed by atoms with E-state index in [9.17, 15) is 4.57 Å². The first kappa shape index (κ1) is 12.4. The molecule has 0 aromatic heterocycles. The van der Waals surface area contributed by atoms with Gasteiger partial charge in [-0.15, -0.1) is 11.6 Å². The average Bonchev–Trinajstić information content (AvgIpc) is 2.19. The third-order valence-corrected chi connectivity index (χ3v) is 4.43. The molecule has 14 heavy (non-hydrogen) atoms. The minimum Gasteiger partial charge on any atom is -0.395 e. The predicted molar refractivity (Wildman–Crippen MR) is 55.6 cm³/mol. The second kappa shape index (κ2) is 6.05. The van der Waals surface area contributed by atoms with E-state index < -0.39 is 7.67 Å². The van der Waals surface area contributed by atoms with Crippen LogP contribution in [-0.4, -0.2) is 48.5 Å². The molecule has 84 valence electrons. The van der Waals surface area contributed by atoms with Crippen LogP contribution in [0.4, 0.5) is 0 Å². The molecule has 0 radical (unpaired) electrons. The zero-order valence-corrected chi connectivity index (χ0v) is 9.64. The highest BCUT2D eigenvalue weighted by molar-refractivity contribution is 7.54. The van der Waals surface area contributed by atoms with Crippen LogP contribution in [0, 0.1) is 0 Å². The fraction of sp³-hybridized carbons (Fsp3) is 1.00. The molecule has 1 atom stereocenters. The molecule has 1 saturated heterocycles. The van der Waals surface area contributed by atoms with E-state index in [2.05, 4.69) is 5.09 Å². The van der Waals surface area contributed by atoms with Crippen molar-refractivity contribution in [2.45, 2.75) is 6.42 Å². The maximum Gasteiger partial charge on any atom is 0.343 e. The fourth-order valence-corrected chi connectivity index (χ4v) is 3.63. The Morgan fingerprint density at radius 2 is 2.43 bits per heavy atom. The van der Waals surface area contributed by atoms with Crippen molar-refractivity contribution in [3.8, 4) is 0 Å². The Morgan fingerprint density at radius 1 is 1.64 bits per heavy atom. The lowest BCUT2D eigenvalue weighted by atomic mass is 10.4. The highest BCUT2D eigenvalue weighted by atomic mass is 35.5. The third kappa shape index (κ3) is 3.19. The molecule has 2 N–H and O–H groups in total. The Morgan fingerprint density at radius 3 is 3.07 bits per heavy atom. The lowest BCUT2D eigenvalue weighted by molar-refractivity contribution is 0.199. The van der Waals surface area contributed by atoms with Crippen LogP contribution in [0.5, 0.6) is 0 Å². The normalized spacial score (nSPS) is 29.3. The molecular formula is C7H16ClN2O3P. The zero-order valence-electron chi connectivity index (χ0n) is 7.99. The summed E-state index contributed by atoms with van der Waals surface area (Å²) in [5.74, 6) is 0.425. The SMILES string of the molecule is O=P1(NCCO)OCCCN1CCCl. The van der Waals surface area contributed by atoms with E-state index in [1.165, 1.54) is 0 Å². The summed E-state index contributed by atoms with van der Waals surface area (Å²) < 4.78 is 19.1. The molecule has 5 nitrogen and oxygen atoms in total. The van der Waals surface area contributed by atoms with Crippen LogP contribution in [0.3, 0.4) is 0 Å². The molecule has 0 aromatic rings. The van der Waals surface area contributed by atoms with E-state index in [0.29, 0.717) is 19.0 Å². The Hall–Kier alpha value is 0.360. The molecule has 0 spiro atoms. The van der Waals surface area contributed by atoms with Crippen LogP contribution < -0.4 is 5.09 Å². The number of aliphatic hydroxyl groups is 1. The molecule has 1 heterocycles.